The van der Waals surface area contributed by atoms with E-state index in [1.54, 1.807) is 32.1 Å². The van der Waals surface area contributed by atoms with Gasteiger partial charge in [0.15, 0.2) is 5.78 Å². The molecule has 0 saturated carbocycles. The van der Waals surface area contributed by atoms with Crippen molar-refractivity contribution in [2.24, 2.45) is 5.73 Å². The standard InChI is InChI=1S/C11H15NO2/c1-4-5-9(6-8(2)3)10(13)7-11(12)14/h4-6H,2,7H2,1,3H3,(H2,12,14). The highest BCUT2D eigenvalue weighted by molar-refractivity contribution is 6.08. The Hall–Kier alpha value is -1.64. The molecular weight excluding hydrogens is 178 g/mol. The molecule has 0 unspecified atom stereocenters. The molecule has 0 spiro atoms. The fourth-order valence-electron chi connectivity index (χ4n) is 0.927. The number of allylic oxidation sites excluding steroid dienone is 5. The van der Waals surface area contributed by atoms with Crippen molar-refractivity contribution in [3.63, 3.8) is 0 Å². The minimum atomic E-state index is -0.618. The first kappa shape index (κ1) is 12.4. The number of carbonyl (C=O) groups excluding carboxylic acids is 2. The zero-order valence-corrected chi connectivity index (χ0v) is 8.54. The number of Topliss-reactive ketones (excluding diaryl/α,β-unsaturated/α-hetero) is 1. The van der Waals surface area contributed by atoms with Crippen molar-refractivity contribution in [3.05, 3.63) is 36.0 Å². The molecule has 0 aliphatic heterocycles. The lowest BCUT2D eigenvalue weighted by Gasteiger charge is -1.99. The van der Waals surface area contributed by atoms with Gasteiger partial charge in [0.25, 0.3) is 0 Å². The number of hydrogen-bond acceptors (Lipinski definition) is 2. The largest absolute Gasteiger partial charge is 0.369 e. The molecule has 0 atom stereocenters. The third kappa shape index (κ3) is 5.09. The van der Waals surface area contributed by atoms with Crippen molar-refractivity contribution >= 4 is 11.7 Å². The molecular formula is C11H15NO2. The Bertz CT molecular complexity index is 311. The van der Waals surface area contributed by atoms with Crippen LogP contribution in [-0.2, 0) is 9.59 Å². The molecule has 0 fully saturated rings. The third-order valence-electron chi connectivity index (χ3n) is 1.40. The monoisotopic (exact) mass is 193 g/mol. The van der Waals surface area contributed by atoms with Crippen LogP contribution < -0.4 is 5.73 Å². The molecule has 0 saturated heterocycles. The van der Waals surface area contributed by atoms with Gasteiger partial charge in [-0.25, -0.2) is 0 Å². The summed E-state index contributed by atoms with van der Waals surface area (Å²) in [6, 6.07) is 0. The number of primary amides is 1. The van der Waals surface area contributed by atoms with E-state index in [9.17, 15) is 9.59 Å². The molecule has 0 aromatic heterocycles. The first-order valence-corrected chi connectivity index (χ1v) is 4.28. The summed E-state index contributed by atoms with van der Waals surface area (Å²) in [5, 5.41) is 0. The van der Waals surface area contributed by atoms with E-state index >= 15 is 0 Å². The number of ketones is 1. The maximum absolute atomic E-state index is 11.4. The molecule has 0 aromatic carbocycles. The molecule has 0 aliphatic carbocycles. The molecule has 1 amide bonds. The zero-order chi connectivity index (χ0) is 11.1. The van der Waals surface area contributed by atoms with Crippen molar-refractivity contribution in [3.8, 4) is 0 Å². The first-order chi connectivity index (χ1) is 6.47. The van der Waals surface area contributed by atoms with Gasteiger partial charge in [0.1, 0.15) is 0 Å². The molecule has 0 aliphatic rings. The van der Waals surface area contributed by atoms with Crippen molar-refractivity contribution in [1.29, 1.82) is 0 Å². The van der Waals surface area contributed by atoms with Crippen LogP contribution in [0.1, 0.15) is 20.3 Å². The van der Waals surface area contributed by atoms with Gasteiger partial charge in [-0.2, -0.15) is 0 Å². The Morgan fingerprint density at radius 1 is 1.43 bits per heavy atom. The van der Waals surface area contributed by atoms with Crippen LogP contribution in [-0.4, -0.2) is 11.7 Å². The van der Waals surface area contributed by atoms with E-state index in [1.807, 2.05) is 0 Å². The van der Waals surface area contributed by atoms with Gasteiger partial charge in [0.05, 0.1) is 6.42 Å². The lowest BCUT2D eigenvalue weighted by molar-refractivity contribution is -0.124. The predicted octanol–water partition coefficient (Wildman–Crippen LogP) is 1.51. The van der Waals surface area contributed by atoms with Crippen LogP contribution >= 0.6 is 0 Å². The summed E-state index contributed by atoms with van der Waals surface area (Å²) in [4.78, 5) is 21.9. The van der Waals surface area contributed by atoms with Gasteiger partial charge in [0.2, 0.25) is 5.91 Å². The van der Waals surface area contributed by atoms with Gasteiger partial charge in [-0.05, 0) is 19.9 Å². The first-order valence-electron chi connectivity index (χ1n) is 4.28. The van der Waals surface area contributed by atoms with E-state index in [4.69, 9.17) is 5.73 Å². The zero-order valence-electron chi connectivity index (χ0n) is 8.54. The van der Waals surface area contributed by atoms with E-state index in [1.165, 1.54) is 0 Å². The second kappa shape index (κ2) is 5.91. The van der Waals surface area contributed by atoms with E-state index < -0.39 is 5.91 Å². The van der Waals surface area contributed by atoms with Crippen molar-refractivity contribution < 1.29 is 9.59 Å². The highest BCUT2D eigenvalue weighted by Gasteiger charge is 2.09. The van der Waals surface area contributed by atoms with Crippen molar-refractivity contribution in [2.45, 2.75) is 20.3 Å². The van der Waals surface area contributed by atoms with E-state index in [0.717, 1.165) is 5.57 Å². The fourth-order valence-corrected chi connectivity index (χ4v) is 0.927. The summed E-state index contributed by atoms with van der Waals surface area (Å²) in [7, 11) is 0. The van der Waals surface area contributed by atoms with Crippen LogP contribution in [0.3, 0.4) is 0 Å². The van der Waals surface area contributed by atoms with Crippen LogP contribution in [0, 0.1) is 0 Å². The van der Waals surface area contributed by atoms with Crippen LogP contribution in [0.25, 0.3) is 0 Å². The Morgan fingerprint density at radius 3 is 2.36 bits per heavy atom. The molecule has 14 heavy (non-hydrogen) atoms. The van der Waals surface area contributed by atoms with Gasteiger partial charge in [-0.1, -0.05) is 24.3 Å². The molecule has 0 rings (SSSR count). The number of rotatable bonds is 5. The number of hydrogen-bond donors (Lipinski definition) is 1. The average Bonchev–Trinajstić information content (AvgIpc) is 2.01. The molecule has 0 aromatic rings. The molecule has 0 bridgehead atoms. The maximum Gasteiger partial charge on any atom is 0.225 e. The van der Waals surface area contributed by atoms with Crippen molar-refractivity contribution in [1.82, 2.24) is 0 Å². The SMILES string of the molecule is C=C(C)C=C(C=CC)C(=O)CC(N)=O. The summed E-state index contributed by atoms with van der Waals surface area (Å²) in [5.74, 6) is -0.897. The summed E-state index contributed by atoms with van der Waals surface area (Å²) < 4.78 is 0. The quantitative estimate of drug-likeness (QED) is 0.408. The van der Waals surface area contributed by atoms with Crippen LogP contribution in [0.4, 0.5) is 0 Å². The van der Waals surface area contributed by atoms with Crippen LogP contribution in [0.5, 0.6) is 0 Å². The third-order valence-corrected chi connectivity index (χ3v) is 1.40. The highest BCUT2D eigenvalue weighted by atomic mass is 16.2. The van der Waals surface area contributed by atoms with Gasteiger partial charge < -0.3 is 5.73 Å². The number of carbonyl (C=O) groups is 2. The van der Waals surface area contributed by atoms with Crippen molar-refractivity contribution in [2.75, 3.05) is 0 Å². The number of nitrogens with two attached hydrogens (primary N) is 1. The van der Waals surface area contributed by atoms with Crippen LogP contribution in [0.2, 0.25) is 0 Å². The summed E-state index contributed by atoms with van der Waals surface area (Å²) >= 11 is 0. The Kier molecular flexibility index (Phi) is 5.22. The van der Waals surface area contributed by atoms with Crippen LogP contribution in [0.15, 0.2) is 36.0 Å². The summed E-state index contributed by atoms with van der Waals surface area (Å²) in [6.07, 6.45) is 4.74. The van der Waals surface area contributed by atoms with E-state index in [0.29, 0.717) is 5.57 Å². The molecule has 0 radical (unpaired) electrons. The lowest BCUT2D eigenvalue weighted by Crippen LogP contribution is -2.17. The van der Waals surface area contributed by atoms with Gasteiger partial charge in [-0.15, -0.1) is 0 Å². The minimum absolute atomic E-state index is 0.260. The predicted molar refractivity (Wildman–Crippen MR) is 56.5 cm³/mol. The highest BCUT2D eigenvalue weighted by Crippen LogP contribution is 2.06. The Morgan fingerprint density at radius 2 is 2.00 bits per heavy atom. The van der Waals surface area contributed by atoms with Gasteiger partial charge in [-0.3, -0.25) is 9.59 Å². The van der Waals surface area contributed by atoms with E-state index in [2.05, 4.69) is 6.58 Å². The second-order valence-corrected chi connectivity index (χ2v) is 3.01. The normalized spacial score (nSPS) is 11.7. The maximum atomic E-state index is 11.4. The molecule has 76 valence electrons. The molecule has 3 nitrogen and oxygen atoms in total. The molecule has 2 N–H and O–H groups in total. The van der Waals surface area contributed by atoms with Gasteiger partial charge >= 0.3 is 0 Å². The molecule has 0 heterocycles. The Balaban J connectivity index is 4.75. The fraction of sp³-hybridized carbons (Fsp3) is 0.273. The van der Waals surface area contributed by atoms with Gasteiger partial charge in [0, 0.05) is 5.57 Å². The second-order valence-electron chi connectivity index (χ2n) is 3.01. The molecule has 3 heteroatoms. The average molecular weight is 193 g/mol. The topological polar surface area (TPSA) is 60.2 Å². The lowest BCUT2D eigenvalue weighted by atomic mass is 10.1. The van der Waals surface area contributed by atoms with E-state index in [-0.39, 0.29) is 12.2 Å². The summed E-state index contributed by atoms with van der Waals surface area (Å²) in [5.41, 5.74) is 6.14. The Labute approximate surface area is 84.0 Å². The smallest absolute Gasteiger partial charge is 0.225 e. The minimum Gasteiger partial charge on any atom is -0.369 e. The summed E-state index contributed by atoms with van der Waals surface area (Å²) in [6.45, 7) is 7.23. The number of amides is 1.